The van der Waals surface area contributed by atoms with Gasteiger partial charge in [-0.05, 0) is 49.5 Å². The van der Waals surface area contributed by atoms with Crippen molar-refractivity contribution in [3.05, 3.63) is 152 Å². The SMILES string of the molecule is c1ccc(-c2cccc(-c3nc(-c4ccccc4)nc(-c4cccc5c4ccc4ccc6ccccc6c45)n3)c2)cc1. The monoisotopic (exact) mass is 535 g/mol. The second-order valence-corrected chi connectivity index (χ2v) is 10.5. The Kier molecular flexibility index (Phi) is 5.79. The molecule has 0 radical (unpaired) electrons. The summed E-state index contributed by atoms with van der Waals surface area (Å²) in [6, 6.07) is 52.8. The number of benzene rings is 7. The zero-order chi connectivity index (χ0) is 27.9. The normalized spacial score (nSPS) is 11.3. The fraction of sp³-hybridized carbons (Fsp3) is 0. The van der Waals surface area contributed by atoms with Crippen molar-refractivity contribution in [1.29, 1.82) is 0 Å². The van der Waals surface area contributed by atoms with E-state index in [1.165, 1.54) is 26.9 Å². The van der Waals surface area contributed by atoms with E-state index in [9.17, 15) is 0 Å². The largest absolute Gasteiger partial charge is 0.208 e. The number of fused-ring (bicyclic) bond motifs is 5. The van der Waals surface area contributed by atoms with Gasteiger partial charge in [-0.2, -0.15) is 0 Å². The Labute approximate surface area is 243 Å². The van der Waals surface area contributed by atoms with Crippen LogP contribution < -0.4 is 0 Å². The van der Waals surface area contributed by atoms with Gasteiger partial charge in [0, 0.05) is 16.7 Å². The highest BCUT2D eigenvalue weighted by Gasteiger charge is 2.16. The third kappa shape index (κ3) is 4.20. The average Bonchev–Trinajstić information content (AvgIpc) is 3.08. The molecule has 0 fully saturated rings. The standard InChI is InChI=1S/C39H25N3/c1-3-11-26(12-4-1)30-16-9-17-31(25-30)38-40-37(29-14-5-2-6-15-29)41-39(42-38)35-20-10-19-34-33(35)24-23-28-22-21-27-13-7-8-18-32(27)36(28)34/h1-25H. The van der Waals surface area contributed by atoms with Crippen molar-refractivity contribution in [3.63, 3.8) is 0 Å². The van der Waals surface area contributed by atoms with E-state index in [-0.39, 0.29) is 0 Å². The van der Waals surface area contributed by atoms with Crippen molar-refractivity contribution in [3.8, 4) is 45.3 Å². The summed E-state index contributed by atoms with van der Waals surface area (Å²) in [5.41, 5.74) is 5.18. The number of rotatable bonds is 4. The van der Waals surface area contributed by atoms with E-state index in [0.29, 0.717) is 17.5 Å². The molecule has 0 atom stereocenters. The molecule has 7 aromatic carbocycles. The van der Waals surface area contributed by atoms with Gasteiger partial charge in [0.25, 0.3) is 0 Å². The van der Waals surface area contributed by atoms with Crippen LogP contribution in [0, 0.1) is 0 Å². The second kappa shape index (κ2) is 10.1. The van der Waals surface area contributed by atoms with Crippen LogP contribution in [-0.4, -0.2) is 15.0 Å². The van der Waals surface area contributed by atoms with E-state index in [1.54, 1.807) is 0 Å². The van der Waals surface area contributed by atoms with Gasteiger partial charge in [0.15, 0.2) is 17.5 Å². The average molecular weight is 536 g/mol. The summed E-state index contributed by atoms with van der Waals surface area (Å²) in [7, 11) is 0. The van der Waals surface area contributed by atoms with Gasteiger partial charge in [0.05, 0.1) is 0 Å². The lowest BCUT2D eigenvalue weighted by atomic mass is 9.94. The Morgan fingerprint density at radius 3 is 1.71 bits per heavy atom. The maximum absolute atomic E-state index is 5.10. The minimum atomic E-state index is 0.653. The molecule has 8 rings (SSSR count). The van der Waals surface area contributed by atoms with Crippen molar-refractivity contribution in [1.82, 2.24) is 15.0 Å². The summed E-state index contributed by atoms with van der Waals surface area (Å²) in [5.74, 6) is 1.97. The Morgan fingerprint density at radius 1 is 0.310 bits per heavy atom. The number of hydrogen-bond acceptors (Lipinski definition) is 3. The molecule has 0 saturated carbocycles. The van der Waals surface area contributed by atoms with E-state index < -0.39 is 0 Å². The predicted molar refractivity (Wildman–Crippen MR) is 174 cm³/mol. The topological polar surface area (TPSA) is 38.7 Å². The van der Waals surface area contributed by atoms with Crippen LogP contribution >= 0.6 is 0 Å². The molecule has 0 N–H and O–H groups in total. The van der Waals surface area contributed by atoms with E-state index >= 15 is 0 Å². The summed E-state index contributed by atoms with van der Waals surface area (Å²) >= 11 is 0. The minimum Gasteiger partial charge on any atom is -0.208 e. The zero-order valence-electron chi connectivity index (χ0n) is 22.8. The molecule has 8 aromatic rings. The Hall–Kier alpha value is -5.67. The Balaban J connectivity index is 1.37. The van der Waals surface area contributed by atoms with Gasteiger partial charge in [-0.1, -0.05) is 146 Å². The molecule has 196 valence electrons. The van der Waals surface area contributed by atoms with Crippen LogP contribution in [0.1, 0.15) is 0 Å². The van der Waals surface area contributed by atoms with Crippen LogP contribution in [0.5, 0.6) is 0 Å². The molecule has 1 aromatic heterocycles. The molecule has 0 unspecified atom stereocenters. The Bertz CT molecular complexity index is 2240. The van der Waals surface area contributed by atoms with Gasteiger partial charge in [-0.3, -0.25) is 0 Å². The highest BCUT2D eigenvalue weighted by molar-refractivity contribution is 6.21. The summed E-state index contributed by atoms with van der Waals surface area (Å²) in [5, 5.41) is 7.26. The fourth-order valence-electron chi connectivity index (χ4n) is 5.87. The zero-order valence-corrected chi connectivity index (χ0v) is 22.8. The van der Waals surface area contributed by atoms with Crippen molar-refractivity contribution in [2.45, 2.75) is 0 Å². The minimum absolute atomic E-state index is 0.653. The molecular weight excluding hydrogens is 510 g/mol. The maximum Gasteiger partial charge on any atom is 0.164 e. The molecular formula is C39H25N3. The molecule has 0 saturated heterocycles. The van der Waals surface area contributed by atoms with Crippen molar-refractivity contribution >= 4 is 32.3 Å². The van der Waals surface area contributed by atoms with Crippen LogP contribution in [0.4, 0.5) is 0 Å². The van der Waals surface area contributed by atoms with Gasteiger partial charge in [-0.25, -0.2) is 15.0 Å². The molecule has 42 heavy (non-hydrogen) atoms. The molecule has 0 aliphatic rings. The smallest absolute Gasteiger partial charge is 0.164 e. The lowest BCUT2D eigenvalue weighted by Gasteiger charge is -2.13. The number of aromatic nitrogens is 3. The first kappa shape index (κ1) is 24.2. The summed E-state index contributed by atoms with van der Waals surface area (Å²) in [6.07, 6.45) is 0. The molecule has 0 aliphatic carbocycles. The third-order valence-corrected chi connectivity index (χ3v) is 7.90. The lowest BCUT2D eigenvalue weighted by molar-refractivity contribution is 1.08. The van der Waals surface area contributed by atoms with E-state index in [1.807, 2.05) is 36.4 Å². The van der Waals surface area contributed by atoms with Crippen LogP contribution in [0.15, 0.2) is 152 Å². The predicted octanol–water partition coefficient (Wildman–Crippen LogP) is 10.00. The molecule has 0 spiro atoms. The molecule has 3 heteroatoms. The van der Waals surface area contributed by atoms with Crippen LogP contribution in [0.3, 0.4) is 0 Å². The van der Waals surface area contributed by atoms with Gasteiger partial charge in [0.2, 0.25) is 0 Å². The van der Waals surface area contributed by atoms with Crippen molar-refractivity contribution in [2.24, 2.45) is 0 Å². The quantitative estimate of drug-likeness (QED) is 0.211. The third-order valence-electron chi connectivity index (χ3n) is 7.90. The summed E-state index contributed by atoms with van der Waals surface area (Å²) < 4.78 is 0. The first-order chi connectivity index (χ1) is 20.8. The Morgan fingerprint density at radius 2 is 0.881 bits per heavy atom. The van der Waals surface area contributed by atoms with E-state index in [4.69, 9.17) is 15.0 Å². The van der Waals surface area contributed by atoms with Crippen LogP contribution in [-0.2, 0) is 0 Å². The highest BCUT2D eigenvalue weighted by Crippen LogP contribution is 2.37. The first-order valence-corrected chi connectivity index (χ1v) is 14.1. The molecule has 3 nitrogen and oxygen atoms in total. The molecule has 0 aliphatic heterocycles. The first-order valence-electron chi connectivity index (χ1n) is 14.1. The molecule has 0 bridgehead atoms. The van der Waals surface area contributed by atoms with E-state index in [2.05, 4.69) is 115 Å². The lowest BCUT2D eigenvalue weighted by Crippen LogP contribution is -2.00. The van der Waals surface area contributed by atoms with Crippen LogP contribution in [0.25, 0.3) is 77.6 Å². The van der Waals surface area contributed by atoms with Crippen LogP contribution in [0.2, 0.25) is 0 Å². The fourth-order valence-corrected chi connectivity index (χ4v) is 5.87. The van der Waals surface area contributed by atoms with Crippen molar-refractivity contribution in [2.75, 3.05) is 0 Å². The summed E-state index contributed by atoms with van der Waals surface area (Å²) in [6.45, 7) is 0. The van der Waals surface area contributed by atoms with Gasteiger partial charge in [0.1, 0.15) is 0 Å². The number of hydrogen-bond donors (Lipinski definition) is 0. The van der Waals surface area contributed by atoms with Gasteiger partial charge >= 0.3 is 0 Å². The van der Waals surface area contributed by atoms with Gasteiger partial charge in [-0.15, -0.1) is 0 Å². The summed E-state index contributed by atoms with van der Waals surface area (Å²) in [4.78, 5) is 15.1. The second-order valence-electron chi connectivity index (χ2n) is 10.5. The highest BCUT2D eigenvalue weighted by atomic mass is 15.0. The molecule has 0 amide bonds. The van der Waals surface area contributed by atoms with E-state index in [0.717, 1.165) is 33.2 Å². The number of nitrogens with zero attached hydrogens (tertiary/aromatic N) is 3. The van der Waals surface area contributed by atoms with Crippen molar-refractivity contribution < 1.29 is 0 Å². The molecule has 1 heterocycles. The maximum atomic E-state index is 5.10. The van der Waals surface area contributed by atoms with Gasteiger partial charge < -0.3 is 0 Å².